The zero-order valence-corrected chi connectivity index (χ0v) is 12.0. The van der Waals surface area contributed by atoms with Gasteiger partial charge in [0.05, 0.1) is 5.56 Å². The van der Waals surface area contributed by atoms with Crippen molar-refractivity contribution in [1.82, 2.24) is 9.97 Å². The number of benzene rings is 1. The zero-order chi connectivity index (χ0) is 15.0. The maximum absolute atomic E-state index is 12.3. The number of phenolic OH excluding ortho intramolecular Hbond substituents is 1. The Morgan fingerprint density at radius 2 is 2.19 bits per heavy atom. The van der Waals surface area contributed by atoms with Crippen molar-refractivity contribution in [3.63, 3.8) is 0 Å². The Morgan fingerprint density at radius 3 is 2.90 bits per heavy atom. The summed E-state index contributed by atoms with van der Waals surface area (Å²) in [7, 11) is 0. The van der Waals surface area contributed by atoms with Crippen molar-refractivity contribution in [2.24, 2.45) is 0 Å². The lowest BCUT2D eigenvalue weighted by molar-refractivity contribution is -0.116. The Labute approximate surface area is 124 Å². The van der Waals surface area contributed by atoms with Gasteiger partial charge >= 0.3 is 0 Å². The largest absolute Gasteiger partial charge is 0.508 e. The SMILES string of the molecule is CSc1nc2c(c(=O)[nH]1)[C@H](c1cccc(O)c1)CC(=O)N2. The first-order chi connectivity index (χ1) is 10.1. The molecular formula is C14H13N3O3S. The van der Waals surface area contributed by atoms with Crippen LogP contribution in [0.3, 0.4) is 0 Å². The molecule has 2 heterocycles. The predicted octanol–water partition coefficient (Wildman–Crippen LogP) is 1.67. The van der Waals surface area contributed by atoms with Crippen LogP contribution in [-0.2, 0) is 4.79 Å². The third kappa shape index (κ3) is 2.52. The molecule has 108 valence electrons. The van der Waals surface area contributed by atoms with Crippen LogP contribution in [0.2, 0.25) is 0 Å². The predicted molar refractivity (Wildman–Crippen MR) is 79.8 cm³/mol. The molecule has 3 N–H and O–H groups in total. The van der Waals surface area contributed by atoms with Crippen molar-refractivity contribution in [3.05, 3.63) is 45.7 Å². The number of aromatic nitrogens is 2. The molecule has 0 unspecified atom stereocenters. The van der Waals surface area contributed by atoms with Gasteiger partial charge in [-0.3, -0.25) is 9.59 Å². The number of carbonyl (C=O) groups excluding carboxylic acids is 1. The van der Waals surface area contributed by atoms with E-state index in [1.54, 1.807) is 30.5 Å². The molecule has 0 fully saturated rings. The summed E-state index contributed by atoms with van der Waals surface area (Å²) < 4.78 is 0. The average molecular weight is 303 g/mol. The van der Waals surface area contributed by atoms with Crippen molar-refractivity contribution >= 4 is 23.5 Å². The second-order valence-corrected chi connectivity index (χ2v) is 5.53. The Balaban J connectivity index is 2.18. The number of hydrogen-bond acceptors (Lipinski definition) is 5. The second-order valence-electron chi connectivity index (χ2n) is 4.74. The van der Waals surface area contributed by atoms with E-state index in [-0.39, 0.29) is 23.6 Å². The standard InChI is InChI=1S/C14H13N3O3S/c1-21-14-16-12-11(13(20)17-14)9(6-10(19)15-12)7-3-2-4-8(18)5-7/h2-5,9,18H,6H2,1H3,(H2,15,16,17,19,20)/t9-/m0/s1. The Hall–Kier alpha value is -2.28. The Kier molecular flexibility index (Phi) is 3.42. The quantitative estimate of drug-likeness (QED) is 0.579. The lowest BCUT2D eigenvalue weighted by Gasteiger charge is -2.24. The van der Waals surface area contributed by atoms with E-state index in [9.17, 15) is 14.7 Å². The molecule has 1 amide bonds. The molecule has 0 bridgehead atoms. The van der Waals surface area contributed by atoms with Gasteiger partial charge in [0.15, 0.2) is 5.16 Å². The van der Waals surface area contributed by atoms with Crippen LogP contribution in [-0.4, -0.2) is 27.2 Å². The van der Waals surface area contributed by atoms with Crippen LogP contribution in [0.4, 0.5) is 5.82 Å². The van der Waals surface area contributed by atoms with Gasteiger partial charge in [-0.25, -0.2) is 4.98 Å². The summed E-state index contributed by atoms with van der Waals surface area (Å²) in [4.78, 5) is 31.1. The Bertz CT molecular complexity index is 772. The third-order valence-electron chi connectivity index (χ3n) is 3.40. The molecule has 1 aliphatic heterocycles. The summed E-state index contributed by atoms with van der Waals surface area (Å²) in [5, 5.41) is 12.7. The fourth-order valence-corrected chi connectivity index (χ4v) is 2.85. The Morgan fingerprint density at radius 1 is 1.38 bits per heavy atom. The molecule has 21 heavy (non-hydrogen) atoms. The molecule has 1 atom stereocenters. The number of hydrogen-bond donors (Lipinski definition) is 3. The number of anilines is 1. The molecule has 0 radical (unpaired) electrons. The van der Waals surface area contributed by atoms with Gasteiger partial charge in [-0.05, 0) is 24.0 Å². The van der Waals surface area contributed by atoms with E-state index in [1.807, 2.05) is 0 Å². The highest BCUT2D eigenvalue weighted by molar-refractivity contribution is 7.98. The minimum absolute atomic E-state index is 0.102. The first kappa shape index (κ1) is 13.7. The summed E-state index contributed by atoms with van der Waals surface area (Å²) in [5.41, 5.74) is 0.881. The van der Waals surface area contributed by atoms with E-state index in [1.165, 1.54) is 11.8 Å². The van der Waals surface area contributed by atoms with Crippen LogP contribution in [0, 0.1) is 0 Å². The molecule has 0 saturated heterocycles. The van der Waals surface area contributed by atoms with Crippen LogP contribution >= 0.6 is 11.8 Å². The van der Waals surface area contributed by atoms with E-state index >= 15 is 0 Å². The number of amides is 1. The van der Waals surface area contributed by atoms with Crippen LogP contribution in [0.1, 0.15) is 23.5 Å². The van der Waals surface area contributed by atoms with Gasteiger partial charge in [-0.15, -0.1) is 0 Å². The number of nitrogens with zero attached hydrogens (tertiary/aromatic N) is 1. The number of thioether (sulfide) groups is 1. The monoisotopic (exact) mass is 303 g/mol. The van der Waals surface area contributed by atoms with Crippen molar-refractivity contribution < 1.29 is 9.90 Å². The molecule has 0 aliphatic carbocycles. The summed E-state index contributed by atoms with van der Waals surface area (Å²) in [6, 6.07) is 6.59. The topological polar surface area (TPSA) is 95.1 Å². The van der Waals surface area contributed by atoms with Gasteiger partial charge in [-0.2, -0.15) is 0 Å². The van der Waals surface area contributed by atoms with Gasteiger partial charge in [-0.1, -0.05) is 23.9 Å². The minimum Gasteiger partial charge on any atom is -0.508 e. The second kappa shape index (κ2) is 5.25. The summed E-state index contributed by atoms with van der Waals surface area (Å²) >= 11 is 1.30. The van der Waals surface area contributed by atoms with Crippen molar-refractivity contribution in [2.45, 2.75) is 17.5 Å². The third-order valence-corrected chi connectivity index (χ3v) is 3.98. The van der Waals surface area contributed by atoms with E-state index in [2.05, 4.69) is 15.3 Å². The highest BCUT2D eigenvalue weighted by atomic mass is 32.2. The molecule has 1 aliphatic rings. The van der Waals surface area contributed by atoms with Gasteiger partial charge in [0.25, 0.3) is 5.56 Å². The molecule has 0 saturated carbocycles. The summed E-state index contributed by atoms with van der Waals surface area (Å²) in [6.07, 6.45) is 1.95. The van der Waals surface area contributed by atoms with Gasteiger partial charge in [0.1, 0.15) is 11.6 Å². The normalized spacial score (nSPS) is 17.2. The zero-order valence-electron chi connectivity index (χ0n) is 11.2. The van der Waals surface area contributed by atoms with Crippen molar-refractivity contribution in [1.29, 1.82) is 0 Å². The lowest BCUT2D eigenvalue weighted by Crippen LogP contribution is -2.31. The van der Waals surface area contributed by atoms with Crippen LogP contribution in [0.5, 0.6) is 5.75 Å². The molecule has 3 rings (SSSR count). The highest BCUT2D eigenvalue weighted by Gasteiger charge is 2.30. The molecule has 6 nitrogen and oxygen atoms in total. The molecular weight excluding hydrogens is 290 g/mol. The number of carbonyl (C=O) groups is 1. The van der Waals surface area contributed by atoms with Crippen LogP contribution in [0.15, 0.2) is 34.2 Å². The van der Waals surface area contributed by atoms with Gasteiger partial charge in [0, 0.05) is 12.3 Å². The van der Waals surface area contributed by atoms with Gasteiger partial charge < -0.3 is 15.4 Å². The van der Waals surface area contributed by atoms with E-state index in [4.69, 9.17) is 0 Å². The lowest BCUT2D eigenvalue weighted by atomic mass is 9.87. The van der Waals surface area contributed by atoms with Gasteiger partial charge in [0.2, 0.25) is 5.91 Å². The fraction of sp³-hybridized carbons (Fsp3) is 0.214. The molecule has 1 aromatic heterocycles. The molecule has 7 heteroatoms. The van der Waals surface area contributed by atoms with Crippen LogP contribution < -0.4 is 10.9 Å². The van der Waals surface area contributed by atoms with Crippen molar-refractivity contribution in [2.75, 3.05) is 11.6 Å². The van der Waals surface area contributed by atoms with E-state index in [0.29, 0.717) is 16.5 Å². The summed E-state index contributed by atoms with van der Waals surface area (Å²) in [5.74, 6) is -0.202. The number of fused-ring (bicyclic) bond motifs is 1. The highest BCUT2D eigenvalue weighted by Crippen LogP contribution is 2.35. The maximum Gasteiger partial charge on any atom is 0.257 e. The molecule has 2 aromatic rings. The van der Waals surface area contributed by atoms with E-state index in [0.717, 1.165) is 5.56 Å². The number of phenols is 1. The number of rotatable bonds is 2. The fourth-order valence-electron chi connectivity index (χ4n) is 2.47. The number of aromatic hydroxyl groups is 1. The first-order valence-corrected chi connectivity index (χ1v) is 7.58. The molecule has 1 aromatic carbocycles. The smallest absolute Gasteiger partial charge is 0.257 e. The molecule has 0 spiro atoms. The number of H-pyrrole nitrogens is 1. The minimum atomic E-state index is -0.409. The van der Waals surface area contributed by atoms with Crippen LogP contribution in [0.25, 0.3) is 0 Å². The number of aromatic amines is 1. The first-order valence-electron chi connectivity index (χ1n) is 6.35. The summed E-state index contributed by atoms with van der Waals surface area (Å²) in [6.45, 7) is 0. The average Bonchev–Trinajstić information content (AvgIpc) is 2.45. The maximum atomic E-state index is 12.3. The van der Waals surface area contributed by atoms with Crippen molar-refractivity contribution in [3.8, 4) is 5.75 Å². The van der Waals surface area contributed by atoms with E-state index < -0.39 is 5.92 Å². The number of nitrogens with one attached hydrogen (secondary N) is 2.